The molecule has 4 heterocycles. The van der Waals surface area contributed by atoms with Gasteiger partial charge in [-0.3, -0.25) is 24.2 Å². The quantitative estimate of drug-likeness (QED) is 0.132. The molecule has 0 aliphatic carbocycles. The minimum atomic E-state index is -0.827. The van der Waals surface area contributed by atoms with E-state index in [9.17, 15) is 38.4 Å². The average Bonchev–Trinajstić information content (AvgIpc) is 3.04. The molecule has 0 unspecified atom stereocenters. The Morgan fingerprint density at radius 3 is 1.60 bits per heavy atom. The van der Waals surface area contributed by atoms with E-state index in [-0.39, 0.29) is 91.0 Å². The number of fused-ring (bicyclic) bond motifs is 2. The average molecular weight is 854 g/mol. The molecule has 0 atom stereocenters. The van der Waals surface area contributed by atoms with Gasteiger partial charge < -0.3 is 29.2 Å². The number of halogens is 1. The Morgan fingerprint density at radius 1 is 0.745 bits per heavy atom. The molecule has 0 amide bonds. The predicted octanol–water partition coefficient (Wildman–Crippen LogP) is -0.0907. The summed E-state index contributed by atoms with van der Waals surface area (Å²) in [4.78, 5) is 96.9. The van der Waals surface area contributed by atoms with E-state index in [1.54, 1.807) is 34.6 Å². The van der Waals surface area contributed by atoms with Gasteiger partial charge in [0.1, 0.15) is 47.3 Å². The van der Waals surface area contributed by atoms with Crippen molar-refractivity contribution in [3.8, 4) is 0 Å². The van der Waals surface area contributed by atoms with Crippen LogP contribution < -0.4 is 63.3 Å². The van der Waals surface area contributed by atoms with Crippen molar-refractivity contribution in [3.05, 3.63) is 85.8 Å². The number of hydrogen-bond donors (Lipinski definition) is 1. The molecule has 0 spiro atoms. The molecule has 4 rings (SSSR count). The third-order valence-corrected chi connectivity index (χ3v) is 7.12. The van der Waals surface area contributed by atoms with Gasteiger partial charge in [-0.25, -0.2) is 32.9 Å². The first-order chi connectivity index (χ1) is 24.6. The molecule has 0 radical (unpaired) electrons. The summed E-state index contributed by atoms with van der Waals surface area (Å²) in [5, 5.41) is 0.533. The van der Waals surface area contributed by atoms with E-state index in [0.29, 0.717) is 24.0 Å². The SMILES string of the molecule is C.CC(C)(C)OC(=O)CBr.CCc1cc(=O)oc2c1c(=O)[nH]c(=O)n2COC.CCc1cc(=O)oc2c1c(=O)n(CC(=O)OC(C)(C)C)c(=O)n2COC.[H-].[Na+]. The Kier molecular flexibility index (Phi) is 20.5. The summed E-state index contributed by atoms with van der Waals surface area (Å²) < 4.78 is 32.8. The van der Waals surface area contributed by atoms with Crippen molar-refractivity contribution in [1.82, 2.24) is 18.7 Å². The summed E-state index contributed by atoms with van der Waals surface area (Å²) >= 11 is 2.99. The Labute approximate surface area is 347 Å². The van der Waals surface area contributed by atoms with Gasteiger partial charge in [0.2, 0.25) is 11.4 Å². The number of carbonyl (C=O) groups is 2. The fourth-order valence-corrected chi connectivity index (χ4v) is 4.85. The van der Waals surface area contributed by atoms with Gasteiger partial charge in [0, 0.05) is 26.4 Å². The van der Waals surface area contributed by atoms with E-state index >= 15 is 0 Å². The third kappa shape index (κ3) is 14.3. The van der Waals surface area contributed by atoms with Gasteiger partial charge in [-0.1, -0.05) is 37.2 Å². The Balaban J connectivity index is 0. The van der Waals surface area contributed by atoms with Crippen molar-refractivity contribution in [3.63, 3.8) is 0 Å². The second-order valence-corrected chi connectivity index (χ2v) is 13.7. The molecule has 4 aromatic heterocycles. The van der Waals surface area contributed by atoms with Crippen molar-refractivity contribution < 1.29 is 68.4 Å². The Hall–Kier alpha value is -3.88. The first-order valence-corrected chi connectivity index (χ1v) is 17.3. The second-order valence-electron chi connectivity index (χ2n) is 13.2. The van der Waals surface area contributed by atoms with Crippen LogP contribution in [0.2, 0.25) is 0 Å². The number of alkyl halides is 1. The van der Waals surface area contributed by atoms with Crippen LogP contribution in [0.25, 0.3) is 22.2 Å². The number of nitrogens with zero attached hydrogens (tertiary/aromatic N) is 3. The summed E-state index contributed by atoms with van der Waals surface area (Å²) in [7, 11) is 2.74. The van der Waals surface area contributed by atoms with Gasteiger partial charge >= 0.3 is 64.1 Å². The van der Waals surface area contributed by atoms with Crippen molar-refractivity contribution >= 4 is 50.1 Å². The molecule has 0 saturated heterocycles. The maximum absolute atomic E-state index is 12.8. The number of ether oxygens (including phenoxy) is 4. The van der Waals surface area contributed by atoms with Gasteiger partial charge in [-0.2, -0.15) is 0 Å². The van der Waals surface area contributed by atoms with Gasteiger partial charge in [-0.05, 0) is 65.5 Å². The monoisotopic (exact) mass is 852 g/mol. The largest absolute Gasteiger partial charge is 1.00 e. The number of carbonyl (C=O) groups excluding carboxylic acids is 2. The fourth-order valence-electron chi connectivity index (χ4n) is 4.74. The second kappa shape index (κ2) is 22.0. The molecule has 1 N–H and O–H groups in total. The zero-order chi connectivity index (χ0) is 40.4. The summed E-state index contributed by atoms with van der Waals surface area (Å²) in [5.41, 5.74) is -4.46. The van der Waals surface area contributed by atoms with Crippen LogP contribution in [-0.4, -0.2) is 61.4 Å². The number of H-pyrrole nitrogens is 1. The van der Waals surface area contributed by atoms with Gasteiger partial charge in [0.25, 0.3) is 11.1 Å². The van der Waals surface area contributed by atoms with Gasteiger partial charge in [0.15, 0.2) is 0 Å². The maximum atomic E-state index is 12.8. The number of aryl methyl sites for hydroxylation is 2. The third-order valence-electron chi connectivity index (χ3n) is 6.67. The summed E-state index contributed by atoms with van der Waals surface area (Å²) in [6.45, 7) is 13.2. The fraction of sp³-hybridized carbons (Fsp3) is 0.543. The van der Waals surface area contributed by atoms with E-state index < -0.39 is 51.9 Å². The summed E-state index contributed by atoms with van der Waals surface area (Å²) in [5.74, 6) is -0.946. The summed E-state index contributed by atoms with van der Waals surface area (Å²) in [6, 6.07) is 2.45. The zero-order valence-corrected chi connectivity index (χ0v) is 35.9. The molecule has 0 aliphatic heterocycles. The minimum Gasteiger partial charge on any atom is -1.00 e. The number of aromatic nitrogens is 4. The first-order valence-electron chi connectivity index (χ1n) is 16.2. The number of nitrogens with one attached hydrogen (secondary N) is 1. The molecule has 0 bridgehead atoms. The Morgan fingerprint density at radius 2 is 1.18 bits per heavy atom. The summed E-state index contributed by atoms with van der Waals surface area (Å²) in [6.07, 6.45) is 0.853. The van der Waals surface area contributed by atoms with Crippen molar-refractivity contribution in [1.29, 1.82) is 0 Å². The number of aromatic amines is 1. The molecule has 55 heavy (non-hydrogen) atoms. The number of esters is 2. The molecule has 0 saturated carbocycles. The topological polar surface area (TPSA) is 230 Å². The van der Waals surface area contributed by atoms with Crippen LogP contribution in [-0.2, 0) is 61.4 Å². The van der Waals surface area contributed by atoms with Crippen molar-refractivity contribution in [2.24, 2.45) is 0 Å². The number of rotatable bonds is 9. The molecular weight excluding hydrogens is 803 g/mol. The van der Waals surface area contributed by atoms with Crippen LogP contribution in [0.1, 0.15) is 75.4 Å². The van der Waals surface area contributed by atoms with Crippen LogP contribution in [0.4, 0.5) is 0 Å². The molecule has 0 fully saturated rings. The van der Waals surface area contributed by atoms with E-state index in [2.05, 4.69) is 20.9 Å². The van der Waals surface area contributed by atoms with Crippen LogP contribution >= 0.6 is 15.9 Å². The molecule has 20 heteroatoms. The van der Waals surface area contributed by atoms with E-state index in [4.69, 9.17) is 27.8 Å². The van der Waals surface area contributed by atoms with Gasteiger partial charge in [0.05, 0.1) is 0 Å². The maximum Gasteiger partial charge on any atom is 1.00 e. The van der Waals surface area contributed by atoms with Crippen LogP contribution in [0.15, 0.2) is 49.7 Å². The van der Waals surface area contributed by atoms with E-state index in [1.807, 2.05) is 20.8 Å². The molecule has 4 aromatic rings. The van der Waals surface area contributed by atoms with Crippen molar-refractivity contribution in [2.75, 3.05) is 19.5 Å². The van der Waals surface area contributed by atoms with Gasteiger partial charge in [-0.15, -0.1) is 0 Å². The number of hydrogen-bond acceptors (Lipinski definition) is 14. The van der Waals surface area contributed by atoms with Crippen LogP contribution in [0, 0.1) is 0 Å². The van der Waals surface area contributed by atoms with E-state index in [1.165, 1.54) is 26.4 Å². The first kappa shape index (κ1) is 51.1. The van der Waals surface area contributed by atoms with Crippen LogP contribution in [0.5, 0.6) is 0 Å². The predicted molar refractivity (Wildman–Crippen MR) is 204 cm³/mol. The normalized spacial score (nSPS) is 11.0. The smallest absolute Gasteiger partial charge is 1.00 e. The molecular formula is C35H50BrN4NaO14. The van der Waals surface area contributed by atoms with E-state index in [0.717, 1.165) is 13.7 Å². The number of methoxy groups -OCH3 is 2. The molecule has 18 nitrogen and oxygen atoms in total. The standard InChI is InChI=1S/C17H22N2O7.C11H12N2O5.C6H11BrO2.CH4.Na.H/c1-6-10-7-11(20)25-15-13(10)14(22)18(16(23)19(15)9-24-5)8-12(21)26-17(2,3)4;1-3-6-4-7(14)18-10-8(6)9(15)12-11(16)13(10)5-17-2;1-6(2,3)9-5(8)4-7;;;/h7H,6,8-9H2,1-5H3;4H,3,5H2,1-2H3,(H,12,15,16);4H2,1-3H3;1H4;;/q;;;;+1;-1. The molecule has 0 aromatic carbocycles. The Bertz CT molecular complexity index is 2310. The van der Waals surface area contributed by atoms with Crippen LogP contribution in [0.3, 0.4) is 0 Å². The van der Waals surface area contributed by atoms with Crippen molar-refractivity contribution in [2.45, 2.75) is 107 Å². The minimum absolute atomic E-state index is 0. The molecule has 302 valence electrons. The zero-order valence-electron chi connectivity index (χ0n) is 33.3. The molecule has 0 aliphatic rings.